The quantitative estimate of drug-likeness (QED) is 0.135. The van der Waals surface area contributed by atoms with Gasteiger partial charge in [-0.3, -0.25) is 9.52 Å². The number of aromatic nitrogens is 3. The van der Waals surface area contributed by atoms with Crippen LogP contribution in [0.1, 0.15) is 46.9 Å². The molecule has 0 aliphatic carbocycles. The van der Waals surface area contributed by atoms with Crippen LogP contribution < -0.4 is 15.4 Å². The Bertz CT molecular complexity index is 1800. The summed E-state index contributed by atoms with van der Waals surface area (Å²) in [5.41, 5.74) is 9.12. The van der Waals surface area contributed by atoms with Gasteiger partial charge in [0.25, 0.3) is 5.91 Å². The van der Waals surface area contributed by atoms with E-state index in [4.69, 9.17) is 57.5 Å². The fourth-order valence-corrected chi connectivity index (χ4v) is 7.07. The van der Waals surface area contributed by atoms with Crippen molar-refractivity contribution in [3.05, 3.63) is 52.3 Å². The topological polar surface area (TPSA) is 172 Å². The SMILES string of the molecule is C#CCOCCOCCOCCOCCO[C@H]1CN(c2nc3cc([C@@H]4CCCCN4C(=O)c4cc(Cl)ccc4NS(C)(=O)=O)nn3cc2C)C[C@H]1N. The number of anilines is 2. The maximum atomic E-state index is 13.9. The third kappa shape index (κ3) is 11.0. The second-order valence-electron chi connectivity index (χ2n) is 12.8. The minimum absolute atomic E-state index is 0.180. The van der Waals surface area contributed by atoms with Crippen molar-refractivity contribution in [2.75, 3.05) is 95.0 Å². The third-order valence-electron chi connectivity index (χ3n) is 8.71. The van der Waals surface area contributed by atoms with E-state index in [0.29, 0.717) is 95.3 Å². The number of hydrogen-bond donors (Lipinski definition) is 2. The summed E-state index contributed by atoms with van der Waals surface area (Å²) in [6, 6.07) is 5.92. The predicted octanol–water partition coefficient (Wildman–Crippen LogP) is 2.66. The van der Waals surface area contributed by atoms with Gasteiger partial charge >= 0.3 is 0 Å². The first kappa shape index (κ1) is 39.7. The number of ether oxygens (including phenoxy) is 5. The van der Waals surface area contributed by atoms with E-state index in [0.717, 1.165) is 30.5 Å². The lowest BCUT2D eigenvalue weighted by atomic mass is 9.98. The molecule has 2 aliphatic rings. The van der Waals surface area contributed by atoms with E-state index in [1.54, 1.807) is 15.5 Å². The monoisotopic (exact) mass is 761 g/mol. The van der Waals surface area contributed by atoms with Crippen LogP contribution in [0.5, 0.6) is 0 Å². The lowest BCUT2D eigenvalue weighted by Gasteiger charge is -2.35. The minimum atomic E-state index is -3.62. The van der Waals surface area contributed by atoms with Gasteiger partial charge in [-0.25, -0.2) is 17.9 Å². The molecule has 0 unspecified atom stereocenters. The Balaban J connectivity index is 1.14. The number of carbonyl (C=O) groups excluding carboxylic acids is 1. The molecule has 5 rings (SSSR count). The molecule has 1 amide bonds. The highest BCUT2D eigenvalue weighted by atomic mass is 35.5. The van der Waals surface area contributed by atoms with E-state index in [1.165, 1.54) is 12.1 Å². The minimum Gasteiger partial charge on any atom is -0.377 e. The zero-order valence-electron chi connectivity index (χ0n) is 29.7. The number of carbonyl (C=O) groups is 1. The van der Waals surface area contributed by atoms with Crippen LogP contribution in [0.2, 0.25) is 5.02 Å². The highest BCUT2D eigenvalue weighted by Crippen LogP contribution is 2.34. The summed E-state index contributed by atoms with van der Waals surface area (Å²) in [5.74, 6) is 2.88. The summed E-state index contributed by atoms with van der Waals surface area (Å²) in [4.78, 5) is 22.8. The van der Waals surface area contributed by atoms with Crippen LogP contribution in [-0.4, -0.2) is 131 Å². The van der Waals surface area contributed by atoms with E-state index in [2.05, 4.69) is 15.5 Å². The summed E-state index contributed by atoms with van der Waals surface area (Å²) in [6.07, 6.45) is 10.3. The van der Waals surface area contributed by atoms with Crippen molar-refractivity contribution in [1.82, 2.24) is 19.5 Å². The molecular formula is C35H48ClN7O8S. The molecule has 0 spiro atoms. The van der Waals surface area contributed by atoms with Gasteiger partial charge in [-0.15, -0.1) is 6.42 Å². The standard InChI is InChI=1S/C35H48ClN7O8S/c1-4-11-47-12-13-48-14-15-49-16-17-50-18-19-51-32-24-41(23-28(32)37)34-25(2)22-43-33(38-34)21-30(39-43)31-7-5-6-10-42(31)35(44)27-20-26(36)8-9-29(27)40-52(3,45)46/h1,8-9,20-22,28,31-32,40H,5-7,10-19,23-24,37H2,2-3H3/t28-,31+,32+/m1/s1. The van der Waals surface area contributed by atoms with Crippen LogP contribution in [-0.2, 0) is 33.7 Å². The second-order valence-corrected chi connectivity index (χ2v) is 15.0. The lowest BCUT2D eigenvalue weighted by Crippen LogP contribution is -2.39. The molecule has 2 saturated heterocycles. The molecule has 3 N–H and O–H groups in total. The first-order valence-electron chi connectivity index (χ1n) is 17.4. The van der Waals surface area contributed by atoms with Crippen LogP contribution in [0.25, 0.3) is 5.65 Å². The highest BCUT2D eigenvalue weighted by Gasteiger charge is 2.34. The molecule has 2 fully saturated rings. The van der Waals surface area contributed by atoms with Gasteiger partial charge in [-0.2, -0.15) is 5.10 Å². The first-order valence-corrected chi connectivity index (χ1v) is 19.6. The Morgan fingerprint density at radius 1 is 1.04 bits per heavy atom. The molecule has 2 aromatic heterocycles. The number of fused-ring (bicyclic) bond motifs is 1. The number of halogens is 1. The number of sulfonamides is 1. The molecule has 3 aromatic rings. The van der Waals surface area contributed by atoms with Gasteiger partial charge in [0.15, 0.2) is 5.65 Å². The predicted molar refractivity (Wildman–Crippen MR) is 197 cm³/mol. The summed E-state index contributed by atoms with van der Waals surface area (Å²) in [7, 11) is -3.62. The molecule has 4 heterocycles. The molecule has 0 saturated carbocycles. The average molecular weight is 762 g/mol. The van der Waals surface area contributed by atoms with Crippen molar-refractivity contribution in [1.29, 1.82) is 0 Å². The van der Waals surface area contributed by atoms with E-state index >= 15 is 0 Å². The van der Waals surface area contributed by atoms with Crippen LogP contribution in [0.4, 0.5) is 11.5 Å². The van der Waals surface area contributed by atoms with Crippen LogP contribution in [0.3, 0.4) is 0 Å². The van der Waals surface area contributed by atoms with E-state index < -0.39 is 10.0 Å². The molecule has 2 aliphatic heterocycles. The summed E-state index contributed by atoms with van der Waals surface area (Å²) >= 11 is 6.25. The van der Waals surface area contributed by atoms with Gasteiger partial charge in [-0.1, -0.05) is 17.5 Å². The summed E-state index contributed by atoms with van der Waals surface area (Å²) in [6.45, 7) is 7.52. The highest BCUT2D eigenvalue weighted by molar-refractivity contribution is 7.92. The van der Waals surface area contributed by atoms with Crippen LogP contribution in [0.15, 0.2) is 30.5 Å². The van der Waals surface area contributed by atoms with Gasteiger partial charge in [0.2, 0.25) is 10.0 Å². The van der Waals surface area contributed by atoms with Crippen LogP contribution >= 0.6 is 11.6 Å². The Hall–Kier alpha value is -3.53. The Labute approximate surface area is 310 Å². The first-order chi connectivity index (χ1) is 25.0. The number of benzene rings is 1. The van der Waals surface area contributed by atoms with Crippen molar-refractivity contribution in [3.63, 3.8) is 0 Å². The number of hydrogen-bond acceptors (Lipinski definition) is 12. The zero-order valence-corrected chi connectivity index (χ0v) is 31.2. The normalized spacial score (nSPS) is 19.3. The summed E-state index contributed by atoms with van der Waals surface area (Å²) < 4.78 is 56.0. The number of aryl methyl sites for hydroxylation is 1. The van der Waals surface area contributed by atoms with Gasteiger partial charge in [0.05, 0.1) is 94.2 Å². The number of nitrogens with two attached hydrogens (primary N) is 1. The maximum Gasteiger partial charge on any atom is 0.256 e. The number of terminal acetylenes is 1. The molecule has 1 aromatic carbocycles. The largest absolute Gasteiger partial charge is 0.377 e. The van der Waals surface area contributed by atoms with Gasteiger partial charge in [-0.05, 0) is 44.4 Å². The molecule has 284 valence electrons. The summed E-state index contributed by atoms with van der Waals surface area (Å²) in [5, 5.41) is 5.17. The zero-order chi connectivity index (χ0) is 37.1. The Kier molecular flexibility index (Phi) is 14.5. The number of amides is 1. The smallest absolute Gasteiger partial charge is 0.256 e. The lowest BCUT2D eigenvalue weighted by molar-refractivity contribution is -0.0204. The van der Waals surface area contributed by atoms with Crippen molar-refractivity contribution in [2.45, 2.75) is 44.4 Å². The molecular weight excluding hydrogens is 714 g/mol. The third-order valence-corrected chi connectivity index (χ3v) is 9.53. The Morgan fingerprint density at radius 2 is 1.73 bits per heavy atom. The number of rotatable bonds is 19. The number of nitrogens with zero attached hydrogens (tertiary/aromatic N) is 5. The van der Waals surface area contributed by atoms with E-state index in [-0.39, 0.29) is 42.0 Å². The van der Waals surface area contributed by atoms with Gasteiger partial charge < -0.3 is 39.2 Å². The number of likely N-dealkylation sites (tertiary alicyclic amines) is 1. The molecule has 52 heavy (non-hydrogen) atoms. The van der Waals surface area contributed by atoms with Crippen LogP contribution in [0, 0.1) is 19.3 Å². The van der Waals surface area contributed by atoms with Crippen molar-refractivity contribution >= 4 is 44.7 Å². The van der Waals surface area contributed by atoms with Crippen molar-refractivity contribution < 1.29 is 36.9 Å². The Morgan fingerprint density at radius 3 is 2.42 bits per heavy atom. The molecule has 0 bridgehead atoms. The second kappa shape index (κ2) is 19.0. The molecule has 3 atom stereocenters. The van der Waals surface area contributed by atoms with Gasteiger partial charge in [0, 0.05) is 42.5 Å². The molecule has 17 heteroatoms. The average Bonchev–Trinajstić information content (AvgIpc) is 3.70. The molecule has 15 nitrogen and oxygen atoms in total. The fourth-order valence-electron chi connectivity index (χ4n) is 6.32. The van der Waals surface area contributed by atoms with Crippen molar-refractivity contribution in [3.8, 4) is 12.3 Å². The van der Waals surface area contributed by atoms with E-state index in [1.807, 2.05) is 19.2 Å². The van der Waals surface area contributed by atoms with Gasteiger partial charge in [0.1, 0.15) is 12.4 Å². The fraction of sp³-hybridized carbons (Fsp3) is 0.571. The maximum absolute atomic E-state index is 13.9. The van der Waals surface area contributed by atoms with E-state index in [9.17, 15) is 13.2 Å². The molecule has 0 radical (unpaired) electrons. The number of piperidine rings is 1. The van der Waals surface area contributed by atoms with Crippen molar-refractivity contribution in [2.24, 2.45) is 5.73 Å². The number of nitrogens with one attached hydrogen (secondary N) is 1.